The van der Waals surface area contributed by atoms with Gasteiger partial charge in [0.2, 0.25) is 0 Å². The molecule has 0 radical (unpaired) electrons. The number of thiophene rings is 1. The molecule has 2 aromatic heterocycles. The predicted octanol–water partition coefficient (Wildman–Crippen LogP) is 5.07. The minimum Gasteiger partial charge on any atom is -0.496 e. The lowest BCUT2D eigenvalue weighted by Gasteiger charge is -2.15. The molecule has 6 heteroatoms. The van der Waals surface area contributed by atoms with Gasteiger partial charge in [-0.25, -0.2) is 0 Å². The van der Waals surface area contributed by atoms with Gasteiger partial charge in [0, 0.05) is 20.8 Å². The molecule has 2 aromatic carbocycles. The number of halogens is 1. The van der Waals surface area contributed by atoms with Gasteiger partial charge < -0.3 is 15.5 Å². The van der Waals surface area contributed by atoms with Crippen molar-refractivity contribution < 1.29 is 4.74 Å². The Balaban J connectivity index is 2.02. The summed E-state index contributed by atoms with van der Waals surface area (Å²) in [5, 5.41) is 3.89. The smallest absolute Gasteiger partial charge is 0.266 e. The van der Waals surface area contributed by atoms with Crippen LogP contribution in [0.3, 0.4) is 0 Å². The van der Waals surface area contributed by atoms with E-state index in [4.69, 9.17) is 10.5 Å². The number of hydrogen-bond donors (Lipinski definition) is 2. The Morgan fingerprint density at radius 1 is 1.22 bits per heavy atom. The van der Waals surface area contributed by atoms with Crippen LogP contribution in [0.2, 0.25) is 0 Å². The van der Waals surface area contributed by atoms with Crippen molar-refractivity contribution >= 4 is 48.3 Å². The van der Waals surface area contributed by atoms with Gasteiger partial charge >= 0.3 is 0 Å². The van der Waals surface area contributed by atoms with E-state index in [2.05, 4.69) is 45.2 Å². The van der Waals surface area contributed by atoms with Gasteiger partial charge in [0.05, 0.1) is 12.6 Å². The molecule has 0 aliphatic rings. The van der Waals surface area contributed by atoms with Gasteiger partial charge in [-0.05, 0) is 64.0 Å². The van der Waals surface area contributed by atoms with Crippen LogP contribution in [0.4, 0.5) is 0 Å². The number of fused-ring (bicyclic) bond motifs is 3. The largest absolute Gasteiger partial charge is 0.496 e. The molecule has 0 bridgehead atoms. The van der Waals surface area contributed by atoms with Gasteiger partial charge in [-0.2, -0.15) is 0 Å². The van der Waals surface area contributed by atoms with Crippen LogP contribution in [0.15, 0.2) is 51.0 Å². The molecule has 4 aromatic rings. The number of methoxy groups -OCH3 is 1. The van der Waals surface area contributed by atoms with Crippen molar-refractivity contribution in [3.8, 4) is 16.9 Å². The van der Waals surface area contributed by atoms with E-state index in [-0.39, 0.29) is 5.56 Å². The van der Waals surface area contributed by atoms with Gasteiger partial charge in [0.1, 0.15) is 10.4 Å². The Morgan fingerprint density at radius 2 is 2.00 bits per heavy atom. The average molecular weight is 443 g/mol. The van der Waals surface area contributed by atoms with E-state index in [9.17, 15) is 4.79 Å². The first-order chi connectivity index (χ1) is 13.1. The molecule has 0 saturated heterocycles. The first kappa shape index (κ1) is 18.2. The van der Waals surface area contributed by atoms with E-state index in [1.807, 2.05) is 17.5 Å². The molecule has 0 amide bonds. The zero-order valence-electron chi connectivity index (χ0n) is 14.8. The molecule has 0 fully saturated rings. The third kappa shape index (κ3) is 3.18. The summed E-state index contributed by atoms with van der Waals surface area (Å²) in [6.45, 7) is 0.691. The van der Waals surface area contributed by atoms with Crippen LogP contribution in [0.1, 0.15) is 12.0 Å². The topological polar surface area (TPSA) is 68.1 Å². The summed E-state index contributed by atoms with van der Waals surface area (Å²) in [4.78, 5) is 15.5. The third-order valence-electron chi connectivity index (χ3n) is 4.75. The van der Waals surface area contributed by atoms with E-state index in [0.717, 1.165) is 55.2 Å². The molecule has 27 heavy (non-hydrogen) atoms. The van der Waals surface area contributed by atoms with Crippen molar-refractivity contribution in [2.45, 2.75) is 12.8 Å². The molecule has 138 valence electrons. The summed E-state index contributed by atoms with van der Waals surface area (Å²) in [5.41, 5.74) is 9.64. The highest BCUT2D eigenvalue weighted by molar-refractivity contribution is 9.10. The highest BCUT2D eigenvalue weighted by atomic mass is 79.9. The van der Waals surface area contributed by atoms with Gasteiger partial charge in [-0.15, -0.1) is 11.3 Å². The van der Waals surface area contributed by atoms with Crippen LogP contribution >= 0.6 is 27.3 Å². The Hall–Kier alpha value is -2.15. The van der Waals surface area contributed by atoms with Gasteiger partial charge in [0.25, 0.3) is 5.56 Å². The fourth-order valence-corrected chi connectivity index (χ4v) is 4.76. The molecule has 0 aliphatic heterocycles. The maximum Gasteiger partial charge on any atom is 0.266 e. The van der Waals surface area contributed by atoms with E-state index >= 15 is 0 Å². The van der Waals surface area contributed by atoms with Gasteiger partial charge in [-0.1, -0.05) is 24.3 Å². The lowest BCUT2D eigenvalue weighted by molar-refractivity contribution is 0.416. The predicted molar refractivity (Wildman–Crippen MR) is 117 cm³/mol. The van der Waals surface area contributed by atoms with Crippen molar-refractivity contribution in [2.24, 2.45) is 5.73 Å². The molecule has 0 aliphatic carbocycles. The van der Waals surface area contributed by atoms with Gasteiger partial charge in [-0.3, -0.25) is 4.79 Å². The monoisotopic (exact) mass is 442 g/mol. The van der Waals surface area contributed by atoms with Crippen molar-refractivity contribution in [2.75, 3.05) is 13.7 Å². The molecular weight excluding hydrogens is 424 g/mol. The fraction of sp³-hybridized carbons (Fsp3) is 0.190. The van der Waals surface area contributed by atoms with Crippen molar-refractivity contribution in [3.05, 3.63) is 62.2 Å². The maximum absolute atomic E-state index is 12.4. The number of aromatic nitrogens is 1. The van der Waals surface area contributed by atoms with Gasteiger partial charge in [0.15, 0.2) is 0 Å². The average Bonchev–Trinajstić information content (AvgIpc) is 3.18. The summed E-state index contributed by atoms with van der Waals surface area (Å²) in [7, 11) is 1.67. The normalized spacial score (nSPS) is 11.4. The number of ether oxygens (including phenoxy) is 1. The molecular formula is C21H19BrN2O2S. The molecule has 4 rings (SSSR count). The molecule has 2 heterocycles. The second kappa shape index (κ2) is 7.46. The minimum atomic E-state index is -0.0681. The number of benzene rings is 2. The Bertz CT molecular complexity index is 1180. The Labute approximate surface area is 169 Å². The number of aromatic amines is 1. The summed E-state index contributed by atoms with van der Waals surface area (Å²) >= 11 is 5.04. The summed E-state index contributed by atoms with van der Waals surface area (Å²) in [6, 6.07) is 12.4. The van der Waals surface area contributed by atoms with Crippen LogP contribution in [-0.2, 0) is 6.42 Å². The lowest BCUT2D eigenvalue weighted by Crippen LogP contribution is -2.05. The van der Waals surface area contributed by atoms with Crippen LogP contribution in [-0.4, -0.2) is 18.6 Å². The third-order valence-corrected chi connectivity index (χ3v) is 6.29. The molecule has 0 saturated carbocycles. The van der Waals surface area contributed by atoms with Crippen molar-refractivity contribution in [3.63, 3.8) is 0 Å². The zero-order valence-corrected chi connectivity index (χ0v) is 17.2. The van der Waals surface area contributed by atoms with E-state index < -0.39 is 0 Å². The Kier molecular flexibility index (Phi) is 5.04. The number of H-pyrrole nitrogens is 1. The van der Waals surface area contributed by atoms with E-state index in [0.29, 0.717) is 6.54 Å². The van der Waals surface area contributed by atoms with Crippen molar-refractivity contribution in [1.29, 1.82) is 0 Å². The number of nitrogens with one attached hydrogen (secondary N) is 1. The SMILES string of the molecule is COc1cc(Br)c2[nH]c(=O)c3sccc3c2c1-c1ccc(CCCN)cc1. The number of hydrogen-bond acceptors (Lipinski definition) is 4. The summed E-state index contributed by atoms with van der Waals surface area (Å²) in [5.74, 6) is 0.767. The number of rotatable bonds is 5. The second-order valence-corrected chi connectivity index (χ2v) is 8.16. The standard InChI is InChI=1S/C21H19BrN2O2S/c1-26-16-11-15(22)19-18(14-8-10-27-20(14)21(25)24-19)17(16)13-6-4-12(5-7-13)3-2-9-23/h4-8,10-11H,2-3,9,23H2,1H3,(H,24,25). The molecule has 0 atom stereocenters. The first-order valence-electron chi connectivity index (χ1n) is 8.73. The van der Waals surface area contributed by atoms with Crippen molar-refractivity contribution in [1.82, 2.24) is 4.98 Å². The maximum atomic E-state index is 12.4. The lowest BCUT2D eigenvalue weighted by atomic mass is 9.96. The first-order valence-corrected chi connectivity index (χ1v) is 10.4. The Morgan fingerprint density at radius 3 is 2.70 bits per heavy atom. The fourth-order valence-electron chi connectivity index (χ4n) is 3.46. The minimum absolute atomic E-state index is 0.0681. The number of pyridine rings is 1. The molecule has 4 nitrogen and oxygen atoms in total. The molecule has 3 N–H and O–H groups in total. The highest BCUT2D eigenvalue weighted by Crippen LogP contribution is 2.43. The quantitative estimate of drug-likeness (QED) is 0.453. The van der Waals surface area contributed by atoms with Crippen LogP contribution in [0, 0.1) is 0 Å². The van der Waals surface area contributed by atoms with E-state index in [1.165, 1.54) is 16.9 Å². The summed E-state index contributed by atoms with van der Waals surface area (Å²) < 4.78 is 7.24. The van der Waals surface area contributed by atoms with E-state index in [1.54, 1.807) is 7.11 Å². The summed E-state index contributed by atoms with van der Waals surface area (Å²) in [6.07, 6.45) is 1.94. The second-order valence-electron chi connectivity index (χ2n) is 6.39. The van der Waals surface area contributed by atoms with Crippen LogP contribution in [0.25, 0.3) is 32.1 Å². The highest BCUT2D eigenvalue weighted by Gasteiger charge is 2.18. The molecule has 0 spiro atoms. The number of nitrogens with two attached hydrogens (primary N) is 1. The van der Waals surface area contributed by atoms with Crippen LogP contribution in [0.5, 0.6) is 5.75 Å². The van der Waals surface area contributed by atoms with Crippen LogP contribution < -0.4 is 16.0 Å². The molecule has 0 unspecified atom stereocenters. The zero-order chi connectivity index (χ0) is 19.0. The number of aryl methyl sites for hydroxylation is 1.